The fourth-order valence-corrected chi connectivity index (χ4v) is 1.56. The topological polar surface area (TPSA) is 69.6 Å². The van der Waals surface area contributed by atoms with Crippen LogP contribution >= 0.6 is 11.6 Å². The van der Waals surface area contributed by atoms with Crippen molar-refractivity contribution in [3.05, 3.63) is 23.3 Å². The van der Waals surface area contributed by atoms with E-state index in [1.54, 1.807) is 4.57 Å². The third-order valence-electron chi connectivity index (χ3n) is 2.08. The van der Waals surface area contributed by atoms with Gasteiger partial charge in [-0.05, 0) is 11.6 Å². The lowest BCUT2D eigenvalue weighted by Crippen LogP contribution is -2.20. The van der Waals surface area contributed by atoms with Gasteiger partial charge in [-0.1, -0.05) is 25.9 Å². The molecular formula is C9H12ClN5O. The predicted octanol–water partition coefficient (Wildman–Crippen LogP) is 1.66. The molecule has 0 fully saturated rings. The molecule has 0 aliphatic carbocycles. The zero-order chi connectivity index (χ0) is 11.8. The molecule has 6 nitrogen and oxygen atoms in total. The van der Waals surface area contributed by atoms with Gasteiger partial charge in [-0.2, -0.15) is 4.98 Å². The summed E-state index contributed by atoms with van der Waals surface area (Å²) in [4.78, 5) is 3.94. The van der Waals surface area contributed by atoms with Gasteiger partial charge in [0.05, 0.1) is 6.54 Å². The summed E-state index contributed by atoms with van der Waals surface area (Å²) in [6.07, 6.45) is 1.28. The van der Waals surface area contributed by atoms with E-state index in [4.69, 9.17) is 11.6 Å². The Morgan fingerprint density at radius 1 is 1.38 bits per heavy atom. The lowest BCUT2D eigenvalue weighted by molar-refractivity contribution is 0.406. The Hall–Kier alpha value is -1.43. The van der Waals surface area contributed by atoms with Gasteiger partial charge in [0.15, 0.2) is 5.82 Å². The first-order valence-corrected chi connectivity index (χ1v) is 5.20. The molecule has 0 aliphatic rings. The van der Waals surface area contributed by atoms with Crippen LogP contribution in [0.2, 0.25) is 5.28 Å². The van der Waals surface area contributed by atoms with E-state index >= 15 is 0 Å². The van der Waals surface area contributed by atoms with Crippen LogP contribution in [0.5, 0.6) is 0 Å². The zero-order valence-electron chi connectivity index (χ0n) is 9.31. The molecule has 16 heavy (non-hydrogen) atoms. The monoisotopic (exact) mass is 241 g/mol. The van der Waals surface area contributed by atoms with Crippen LogP contribution in [0.3, 0.4) is 0 Å². The van der Waals surface area contributed by atoms with Crippen molar-refractivity contribution in [1.29, 1.82) is 0 Å². The Morgan fingerprint density at radius 2 is 2.12 bits per heavy atom. The summed E-state index contributed by atoms with van der Waals surface area (Å²) >= 11 is 5.97. The van der Waals surface area contributed by atoms with E-state index in [0.717, 1.165) is 5.82 Å². The highest BCUT2D eigenvalue weighted by Gasteiger charge is 2.23. The standard InChI is InChI=1S/C9H12ClN5O/c1-9(2,3)7-12-13-8(10)15(7)4-6-11-5-16-14-6/h5H,4H2,1-3H3. The maximum atomic E-state index is 5.97. The molecule has 0 unspecified atom stereocenters. The lowest BCUT2D eigenvalue weighted by Gasteiger charge is -2.17. The van der Waals surface area contributed by atoms with Crippen molar-refractivity contribution in [2.24, 2.45) is 0 Å². The second-order valence-corrected chi connectivity index (χ2v) is 4.81. The molecule has 0 saturated carbocycles. The summed E-state index contributed by atoms with van der Waals surface area (Å²) < 4.78 is 6.44. The van der Waals surface area contributed by atoms with E-state index in [0.29, 0.717) is 17.7 Å². The molecule has 0 bridgehead atoms. The molecule has 0 amide bonds. The molecule has 2 heterocycles. The number of rotatable bonds is 2. The number of aromatic nitrogens is 5. The van der Waals surface area contributed by atoms with Crippen molar-refractivity contribution in [3.63, 3.8) is 0 Å². The van der Waals surface area contributed by atoms with Gasteiger partial charge in [-0.3, -0.25) is 4.57 Å². The van der Waals surface area contributed by atoms with E-state index in [9.17, 15) is 0 Å². The van der Waals surface area contributed by atoms with Crippen LogP contribution in [-0.4, -0.2) is 24.9 Å². The predicted molar refractivity (Wildman–Crippen MR) is 57.1 cm³/mol. The van der Waals surface area contributed by atoms with Crippen LogP contribution in [0.25, 0.3) is 0 Å². The van der Waals surface area contributed by atoms with Crippen molar-refractivity contribution in [3.8, 4) is 0 Å². The molecule has 0 saturated heterocycles. The minimum atomic E-state index is -0.135. The van der Waals surface area contributed by atoms with Crippen molar-refractivity contribution in [2.75, 3.05) is 0 Å². The Morgan fingerprint density at radius 3 is 2.69 bits per heavy atom. The summed E-state index contributed by atoms with van der Waals surface area (Å²) in [6.45, 7) is 6.54. The van der Waals surface area contributed by atoms with Crippen LogP contribution < -0.4 is 0 Å². The van der Waals surface area contributed by atoms with Crippen molar-refractivity contribution in [2.45, 2.75) is 32.7 Å². The molecule has 0 spiro atoms. The molecule has 86 valence electrons. The summed E-state index contributed by atoms with van der Waals surface area (Å²) in [5.74, 6) is 1.34. The maximum absolute atomic E-state index is 5.97. The number of hydrogen-bond acceptors (Lipinski definition) is 5. The summed E-state index contributed by atoms with van der Waals surface area (Å²) in [5, 5.41) is 12.0. The molecule has 2 aromatic heterocycles. The van der Waals surface area contributed by atoms with Gasteiger partial charge in [0.1, 0.15) is 5.82 Å². The molecule has 0 aromatic carbocycles. The summed E-state index contributed by atoms with van der Waals surface area (Å²) in [6, 6.07) is 0. The van der Waals surface area contributed by atoms with Gasteiger partial charge >= 0.3 is 0 Å². The van der Waals surface area contributed by atoms with Gasteiger partial charge in [0.2, 0.25) is 11.7 Å². The maximum Gasteiger partial charge on any atom is 0.225 e. The van der Waals surface area contributed by atoms with E-state index < -0.39 is 0 Å². The normalized spacial score (nSPS) is 12.0. The highest BCUT2D eigenvalue weighted by Crippen LogP contribution is 2.23. The second kappa shape index (κ2) is 3.86. The molecule has 0 N–H and O–H groups in total. The first-order valence-electron chi connectivity index (χ1n) is 4.83. The van der Waals surface area contributed by atoms with Crippen LogP contribution in [0.4, 0.5) is 0 Å². The van der Waals surface area contributed by atoms with Crippen molar-refractivity contribution < 1.29 is 4.52 Å². The second-order valence-electron chi connectivity index (χ2n) is 4.48. The summed E-state index contributed by atoms with van der Waals surface area (Å²) in [5.41, 5.74) is -0.135. The van der Waals surface area contributed by atoms with E-state index in [-0.39, 0.29) is 5.41 Å². The first-order chi connectivity index (χ1) is 7.48. The number of hydrogen-bond donors (Lipinski definition) is 0. The zero-order valence-corrected chi connectivity index (χ0v) is 10.1. The quantitative estimate of drug-likeness (QED) is 0.800. The van der Waals surface area contributed by atoms with Crippen molar-refractivity contribution in [1.82, 2.24) is 24.9 Å². The minimum Gasteiger partial charge on any atom is -0.343 e. The fourth-order valence-electron chi connectivity index (χ4n) is 1.38. The van der Waals surface area contributed by atoms with Gasteiger partial charge in [0, 0.05) is 5.41 Å². The number of halogens is 1. The Bertz CT molecular complexity index is 471. The average Bonchev–Trinajstić information content (AvgIpc) is 2.76. The Balaban J connectivity index is 2.36. The molecule has 2 rings (SSSR count). The van der Waals surface area contributed by atoms with Crippen LogP contribution in [0.15, 0.2) is 10.9 Å². The minimum absolute atomic E-state index is 0.135. The smallest absolute Gasteiger partial charge is 0.225 e. The van der Waals surface area contributed by atoms with Gasteiger partial charge in [-0.25, -0.2) is 0 Å². The van der Waals surface area contributed by atoms with Crippen LogP contribution in [-0.2, 0) is 12.0 Å². The molecule has 7 heteroatoms. The van der Waals surface area contributed by atoms with Crippen molar-refractivity contribution >= 4 is 11.6 Å². The van der Waals surface area contributed by atoms with Crippen LogP contribution in [0.1, 0.15) is 32.4 Å². The van der Waals surface area contributed by atoms with E-state index in [2.05, 4.69) is 24.9 Å². The fraction of sp³-hybridized carbons (Fsp3) is 0.556. The number of nitrogens with zero attached hydrogens (tertiary/aromatic N) is 5. The van der Waals surface area contributed by atoms with Gasteiger partial charge in [0.25, 0.3) is 0 Å². The molecule has 2 aromatic rings. The molecule has 0 atom stereocenters. The van der Waals surface area contributed by atoms with Gasteiger partial charge < -0.3 is 4.52 Å². The Labute approximate surface area is 97.6 Å². The molecule has 0 aliphatic heterocycles. The third-order valence-corrected chi connectivity index (χ3v) is 2.36. The van der Waals surface area contributed by atoms with Gasteiger partial charge in [-0.15, -0.1) is 10.2 Å². The Kier molecular flexibility index (Phi) is 2.67. The lowest BCUT2D eigenvalue weighted by atomic mass is 9.96. The summed E-state index contributed by atoms with van der Waals surface area (Å²) in [7, 11) is 0. The van der Waals surface area contributed by atoms with E-state index in [1.165, 1.54) is 6.39 Å². The highest BCUT2D eigenvalue weighted by molar-refractivity contribution is 6.28. The molecular weight excluding hydrogens is 230 g/mol. The first kappa shape index (κ1) is 11.1. The van der Waals surface area contributed by atoms with E-state index in [1.807, 2.05) is 20.8 Å². The molecule has 0 radical (unpaired) electrons. The largest absolute Gasteiger partial charge is 0.343 e. The SMILES string of the molecule is CC(C)(C)c1nnc(Cl)n1Cc1ncon1. The van der Waals surface area contributed by atoms with Crippen LogP contribution in [0, 0.1) is 0 Å². The highest BCUT2D eigenvalue weighted by atomic mass is 35.5. The average molecular weight is 242 g/mol. The third kappa shape index (κ3) is 2.06.